The van der Waals surface area contributed by atoms with E-state index in [0.717, 1.165) is 0 Å². The minimum Gasteiger partial charge on any atom is -0.135 e. The highest BCUT2D eigenvalue weighted by Gasteiger charge is 2.13. The number of benzene rings is 7. The van der Waals surface area contributed by atoms with E-state index in [-0.39, 0.29) is 0 Å². The molecular weight excluding hydrogens is 601 g/mol. The van der Waals surface area contributed by atoms with Crippen LogP contribution in [-0.4, -0.2) is 0 Å². The third kappa shape index (κ3) is 4.09. The molecule has 210 valence electrons. The van der Waals surface area contributed by atoms with Crippen LogP contribution in [0.1, 0.15) is 0 Å². The van der Waals surface area contributed by atoms with Crippen molar-refractivity contribution < 1.29 is 0 Å². The van der Waals surface area contributed by atoms with Crippen LogP contribution >= 0.6 is 34.0 Å². The van der Waals surface area contributed by atoms with Gasteiger partial charge in [0.15, 0.2) is 0 Å². The molecule has 0 bridgehead atoms. The van der Waals surface area contributed by atoms with Crippen LogP contribution in [0.3, 0.4) is 0 Å². The Morgan fingerprint density at radius 1 is 0.222 bits per heavy atom. The van der Waals surface area contributed by atoms with Gasteiger partial charge in [-0.1, -0.05) is 91.0 Å². The van der Waals surface area contributed by atoms with Gasteiger partial charge in [-0.3, -0.25) is 0 Å². The Labute approximate surface area is 272 Å². The van der Waals surface area contributed by atoms with E-state index in [9.17, 15) is 0 Å². The van der Waals surface area contributed by atoms with Crippen molar-refractivity contribution in [2.75, 3.05) is 0 Å². The van der Waals surface area contributed by atoms with Gasteiger partial charge in [0.25, 0.3) is 0 Å². The first-order chi connectivity index (χ1) is 22.2. The fourth-order valence-corrected chi connectivity index (χ4v) is 10.3. The van der Waals surface area contributed by atoms with Gasteiger partial charge < -0.3 is 0 Å². The maximum Gasteiger partial charge on any atom is 0.0361 e. The van der Waals surface area contributed by atoms with Crippen molar-refractivity contribution in [2.24, 2.45) is 0 Å². The molecule has 0 N–H and O–H groups in total. The molecule has 0 aliphatic heterocycles. The second-order valence-corrected chi connectivity index (χ2v) is 15.0. The minimum atomic E-state index is 1.25. The molecule has 0 saturated carbocycles. The zero-order valence-corrected chi connectivity index (χ0v) is 26.5. The molecular formula is C42H24S3. The molecule has 0 aliphatic rings. The van der Waals surface area contributed by atoms with Crippen molar-refractivity contribution in [1.82, 2.24) is 0 Å². The molecule has 0 unspecified atom stereocenters. The third-order valence-electron chi connectivity index (χ3n) is 9.07. The van der Waals surface area contributed by atoms with Crippen LogP contribution in [-0.2, 0) is 0 Å². The molecule has 10 rings (SSSR count). The average Bonchev–Trinajstić information content (AvgIpc) is 3.78. The monoisotopic (exact) mass is 624 g/mol. The molecule has 45 heavy (non-hydrogen) atoms. The summed E-state index contributed by atoms with van der Waals surface area (Å²) in [7, 11) is 0. The maximum absolute atomic E-state index is 2.38. The Morgan fingerprint density at radius 2 is 0.511 bits per heavy atom. The lowest BCUT2D eigenvalue weighted by atomic mass is 9.92. The number of fused-ring (bicyclic) bond motifs is 9. The fourth-order valence-electron chi connectivity index (χ4n) is 6.84. The Morgan fingerprint density at radius 3 is 0.844 bits per heavy atom. The van der Waals surface area contributed by atoms with Gasteiger partial charge in [0.1, 0.15) is 0 Å². The number of rotatable bonds is 3. The summed E-state index contributed by atoms with van der Waals surface area (Å²) in [5.41, 5.74) is 7.49. The molecule has 0 radical (unpaired) electrons. The highest BCUT2D eigenvalue weighted by molar-refractivity contribution is 7.26. The molecule has 0 amide bonds. The summed E-state index contributed by atoms with van der Waals surface area (Å²) in [5, 5.41) is 8.02. The maximum atomic E-state index is 2.38. The third-order valence-corrected chi connectivity index (χ3v) is 12.5. The van der Waals surface area contributed by atoms with E-state index in [1.165, 1.54) is 93.9 Å². The molecule has 0 aliphatic carbocycles. The second kappa shape index (κ2) is 9.85. The van der Waals surface area contributed by atoms with Crippen molar-refractivity contribution >= 4 is 94.5 Å². The Hall–Kier alpha value is -4.80. The first-order valence-electron chi connectivity index (χ1n) is 15.2. The van der Waals surface area contributed by atoms with Gasteiger partial charge in [0.2, 0.25) is 0 Å². The second-order valence-electron chi connectivity index (χ2n) is 11.7. The lowest BCUT2D eigenvalue weighted by Crippen LogP contribution is -1.86. The zero-order valence-electron chi connectivity index (χ0n) is 24.1. The first-order valence-corrected chi connectivity index (χ1v) is 17.6. The van der Waals surface area contributed by atoms with Crippen molar-refractivity contribution in [3.05, 3.63) is 146 Å². The Kier molecular flexibility index (Phi) is 5.59. The molecule has 0 saturated heterocycles. The molecule has 7 aromatic carbocycles. The van der Waals surface area contributed by atoms with Gasteiger partial charge >= 0.3 is 0 Å². The summed E-state index contributed by atoms with van der Waals surface area (Å²) < 4.78 is 8.02. The SMILES string of the molecule is c1ccc2c(c1)sc1cc(-c3cc(-c4ccc5c(c4)sc4ccccc45)cc(-c4ccc5c(c4)sc4ccccc45)c3)ccc12. The minimum absolute atomic E-state index is 1.25. The quantitative estimate of drug-likeness (QED) is 0.183. The van der Waals surface area contributed by atoms with E-state index in [1.807, 2.05) is 34.0 Å². The molecule has 3 aromatic heterocycles. The standard InChI is InChI=1S/C42H24S3/c1-4-10-37-31(7-1)34-16-13-25(22-40(34)43-37)28-19-29(26-14-17-35-32-8-2-5-11-38(32)44-41(35)23-26)21-30(20-28)27-15-18-36-33-9-3-6-12-39(33)45-42(36)24-27/h1-24H. The highest BCUT2D eigenvalue weighted by Crippen LogP contribution is 2.42. The number of thiophene rings is 3. The lowest BCUT2D eigenvalue weighted by molar-refractivity contribution is 1.60. The van der Waals surface area contributed by atoms with Gasteiger partial charge in [-0.2, -0.15) is 0 Å². The first kappa shape index (κ1) is 25.5. The summed E-state index contributed by atoms with van der Waals surface area (Å²) >= 11 is 5.64. The lowest BCUT2D eigenvalue weighted by Gasteiger charge is -2.12. The summed E-state index contributed by atoms with van der Waals surface area (Å²) in [5.74, 6) is 0. The summed E-state index contributed by atoms with van der Waals surface area (Å²) in [6.07, 6.45) is 0. The Balaban J connectivity index is 1.18. The Bertz CT molecular complexity index is 2450. The predicted octanol–water partition coefficient (Wildman–Crippen LogP) is 13.8. The van der Waals surface area contributed by atoms with Gasteiger partial charge in [-0.05, 0) is 88.0 Å². The number of hydrogen-bond acceptors (Lipinski definition) is 3. The van der Waals surface area contributed by atoms with Crippen LogP contribution in [0.15, 0.2) is 146 Å². The summed E-state index contributed by atoms with van der Waals surface area (Å²) in [4.78, 5) is 0. The van der Waals surface area contributed by atoms with E-state index >= 15 is 0 Å². The van der Waals surface area contributed by atoms with Gasteiger partial charge in [0.05, 0.1) is 0 Å². The van der Waals surface area contributed by atoms with Gasteiger partial charge in [-0.15, -0.1) is 34.0 Å². The van der Waals surface area contributed by atoms with E-state index in [0.29, 0.717) is 0 Å². The molecule has 0 nitrogen and oxygen atoms in total. The number of hydrogen-bond donors (Lipinski definition) is 0. The predicted molar refractivity (Wildman–Crippen MR) is 201 cm³/mol. The molecule has 0 atom stereocenters. The van der Waals surface area contributed by atoms with Crippen LogP contribution in [0.2, 0.25) is 0 Å². The largest absolute Gasteiger partial charge is 0.135 e. The van der Waals surface area contributed by atoms with Crippen LogP contribution in [0.4, 0.5) is 0 Å². The van der Waals surface area contributed by atoms with Crippen molar-refractivity contribution in [3.8, 4) is 33.4 Å². The van der Waals surface area contributed by atoms with Gasteiger partial charge in [0, 0.05) is 60.5 Å². The van der Waals surface area contributed by atoms with Crippen LogP contribution in [0.5, 0.6) is 0 Å². The smallest absolute Gasteiger partial charge is 0.0361 e. The van der Waals surface area contributed by atoms with Gasteiger partial charge in [-0.25, -0.2) is 0 Å². The fraction of sp³-hybridized carbons (Fsp3) is 0. The zero-order chi connectivity index (χ0) is 29.5. The van der Waals surface area contributed by atoms with Crippen molar-refractivity contribution in [3.63, 3.8) is 0 Å². The molecule has 0 spiro atoms. The average molecular weight is 625 g/mol. The molecule has 10 aromatic rings. The molecule has 3 heterocycles. The van der Waals surface area contributed by atoms with Crippen LogP contribution in [0, 0.1) is 0 Å². The van der Waals surface area contributed by atoms with E-state index in [1.54, 1.807) is 0 Å². The highest BCUT2D eigenvalue weighted by atomic mass is 32.1. The molecule has 0 fully saturated rings. The molecule has 3 heteroatoms. The normalized spacial score (nSPS) is 12.0. The van der Waals surface area contributed by atoms with Crippen molar-refractivity contribution in [2.45, 2.75) is 0 Å². The topological polar surface area (TPSA) is 0 Å². The summed E-state index contributed by atoms with van der Waals surface area (Å²) in [6.45, 7) is 0. The van der Waals surface area contributed by atoms with Crippen LogP contribution in [0.25, 0.3) is 93.9 Å². The van der Waals surface area contributed by atoms with E-state index < -0.39 is 0 Å². The van der Waals surface area contributed by atoms with Crippen molar-refractivity contribution in [1.29, 1.82) is 0 Å². The van der Waals surface area contributed by atoms with E-state index in [4.69, 9.17) is 0 Å². The van der Waals surface area contributed by atoms with E-state index in [2.05, 4.69) is 146 Å². The summed E-state index contributed by atoms with van der Waals surface area (Å²) in [6, 6.07) is 54.3. The van der Waals surface area contributed by atoms with Crippen LogP contribution < -0.4 is 0 Å².